The molecule has 5 heterocycles. The number of amides is 5. The van der Waals surface area contributed by atoms with E-state index in [9.17, 15) is 69.9 Å². The quantitative estimate of drug-likeness (QED) is 0.109. The van der Waals surface area contributed by atoms with Crippen LogP contribution in [-0.2, 0) is 40.0 Å². The number of hydrogen-bond donors (Lipinski definition) is 16. The molecule has 18 N–H and O–H groups in total. The van der Waals surface area contributed by atoms with Crippen molar-refractivity contribution in [1.82, 2.24) is 26.6 Å². The van der Waals surface area contributed by atoms with Crippen molar-refractivity contribution in [2.45, 2.75) is 54.8 Å². The Labute approximate surface area is 493 Å². The summed E-state index contributed by atoms with van der Waals surface area (Å²) in [6, 6.07) is 7.57. The first-order chi connectivity index (χ1) is 40.8. The third-order valence-corrected chi connectivity index (χ3v) is 14.8. The summed E-state index contributed by atoms with van der Waals surface area (Å²) in [6.07, 6.45) is -2.51. The van der Waals surface area contributed by atoms with E-state index in [1.54, 1.807) is 0 Å². The summed E-state index contributed by atoms with van der Waals surface area (Å²) in [7, 11) is 0. The second-order valence-electron chi connectivity index (χ2n) is 20.0. The molecular formula is C58H47Cl2N7O19. The van der Waals surface area contributed by atoms with Crippen molar-refractivity contribution in [2.75, 3.05) is 0 Å². The summed E-state index contributed by atoms with van der Waals surface area (Å²) < 4.78 is 18.2. The number of aliphatic hydroxyl groups is 1. The summed E-state index contributed by atoms with van der Waals surface area (Å²) in [5.41, 5.74) is 10.7. The van der Waals surface area contributed by atoms with Gasteiger partial charge in [-0.1, -0.05) is 47.5 Å². The van der Waals surface area contributed by atoms with Crippen molar-refractivity contribution >= 4 is 64.7 Å². The topological polar surface area (TPSA) is 441 Å². The lowest BCUT2D eigenvalue weighted by Crippen LogP contribution is -2.55. The highest BCUT2D eigenvalue weighted by molar-refractivity contribution is 6.32. The molecule has 15 bridgehead atoms. The molecule has 0 spiro atoms. The highest BCUT2D eigenvalue weighted by Gasteiger charge is 2.40. The predicted molar refractivity (Wildman–Crippen MR) is 299 cm³/mol. The SMILES string of the molecule is NC1C(=O)NC(C(=O)O)Cc2ccc(c(Cl)c2)Oc2cc3cc(c2O)Oc2ccc(cc2Cl)C(O)C2NC(=O)C(NC(=O)C3NC(=O)C(N)c3cc(O)cc(c3)Oc3cc1ccc3O)c1ccc(O)c(c1)-c1c(O)cc(O)cc1C(C(=O)O)NC2=O. The minimum Gasteiger partial charge on any atom is -0.508 e. The molecule has 8 unspecified atom stereocenters. The number of aliphatic carboxylic acids is 2. The van der Waals surface area contributed by atoms with Crippen LogP contribution < -0.4 is 52.3 Å². The lowest BCUT2D eigenvalue weighted by atomic mass is 9.89. The standard InChI is InChI=1S/C58H47Cl2N7O19/c59-32-9-21-1-7-38(32)85-41-16-26-17-42(51(41)74)86-39-8-4-24(14-33(39)60)50(73)49-56(79)66-48(58(82)83)31-19-28(69)20-37(72)43(31)30-13-23(3-5-35(30)70)46(54(77)67-49)65-55(78)47(26)64-53(76)45(62)25-11-27(68)18-29(12-25)84-40-15-22(2-6-36(40)71)44(61)52(75)63-34(10-21)57(80)81/h1-9,11-20,34,44-50,68-74H,10,61-62H2,(H,63,75)(H,64,76)(H,65,78)(H,66,79)(H,67,77)(H,80,81)(H,82,83). The van der Waals surface area contributed by atoms with Crippen molar-refractivity contribution in [3.05, 3.63) is 164 Å². The zero-order chi connectivity index (χ0) is 61.7. The molecule has 442 valence electrons. The molecule has 0 aliphatic carbocycles. The normalized spacial score (nSPS) is 21.4. The molecular weight excluding hydrogens is 1170 g/mol. The number of phenolic OH excluding ortho intramolecular Hbond substituents is 6. The van der Waals surface area contributed by atoms with E-state index < -0.39 is 153 Å². The molecule has 0 fully saturated rings. The van der Waals surface area contributed by atoms with E-state index >= 15 is 9.59 Å². The first-order valence-corrected chi connectivity index (χ1v) is 26.3. The number of carbonyl (C=O) groups is 7. The summed E-state index contributed by atoms with van der Waals surface area (Å²) in [5.74, 6) is -15.7. The van der Waals surface area contributed by atoms with Crippen LogP contribution in [-0.4, -0.2) is 99.5 Å². The average molecular weight is 1220 g/mol. The molecule has 12 rings (SSSR count). The van der Waals surface area contributed by atoms with Crippen LogP contribution in [0.25, 0.3) is 11.1 Å². The van der Waals surface area contributed by atoms with Gasteiger partial charge in [0.05, 0.1) is 10.0 Å². The number of phenols is 6. The summed E-state index contributed by atoms with van der Waals surface area (Å²) in [6.45, 7) is 0. The Morgan fingerprint density at radius 1 is 0.488 bits per heavy atom. The largest absolute Gasteiger partial charge is 0.508 e. The fraction of sp³-hybridized carbons (Fsp3) is 0.155. The molecule has 0 saturated heterocycles. The molecule has 0 saturated carbocycles. The van der Waals surface area contributed by atoms with Gasteiger partial charge in [-0.05, 0) is 112 Å². The number of hydrogen-bond acceptors (Lipinski definition) is 19. The Morgan fingerprint density at radius 2 is 1.07 bits per heavy atom. The molecule has 7 aromatic rings. The zero-order valence-corrected chi connectivity index (χ0v) is 45.3. The molecule has 0 aromatic heterocycles. The van der Waals surface area contributed by atoms with E-state index in [4.69, 9.17) is 48.9 Å². The van der Waals surface area contributed by atoms with E-state index in [0.29, 0.717) is 0 Å². The number of carbonyl (C=O) groups excluding carboxylic acids is 5. The van der Waals surface area contributed by atoms with Crippen LogP contribution in [0.15, 0.2) is 115 Å². The zero-order valence-electron chi connectivity index (χ0n) is 43.8. The fourth-order valence-electron chi connectivity index (χ4n) is 9.84. The van der Waals surface area contributed by atoms with Gasteiger partial charge < -0.3 is 98.2 Å². The van der Waals surface area contributed by atoms with Gasteiger partial charge in [-0.25, -0.2) is 9.59 Å². The van der Waals surface area contributed by atoms with Gasteiger partial charge in [-0.2, -0.15) is 0 Å². The monoisotopic (exact) mass is 1220 g/mol. The number of benzene rings is 7. The molecule has 5 aliphatic rings. The summed E-state index contributed by atoms with van der Waals surface area (Å²) in [5, 5.41) is 112. The molecule has 8 atom stereocenters. The Kier molecular flexibility index (Phi) is 15.9. The number of halogens is 2. The fourth-order valence-corrected chi connectivity index (χ4v) is 10.3. The Bertz CT molecular complexity index is 4020. The number of carboxylic acid groups (broad SMARTS) is 2. The van der Waals surface area contributed by atoms with Crippen LogP contribution >= 0.6 is 23.2 Å². The van der Waals surface area contributed by atoms with Crippen molar-refractivity contribution in [2.24, 2.45) is 11.5 Å². The van der Waals surface area contributed by atoms with Gasteiger partial charge in [-0.3, -0.25) is 24.0 Å². The second kappa shape index (κ2) is 23.3. The Hall–Kier alpha value is -10.5. The minimum absolute atomic E-state index is 0.0192. The lowest BCUT2D eigenvalue weighted by Gasteiger charge is -2.31. The number of nitrogens with two attached hydrogens (primary N) is 2. The molecule has 86 heavy (non-hydrogen) atoms. The average Bonchev–Trinajstić information content (AvgIpc) is 1.77. The van der Waals surface area contributed by atoms with Gasteiger partial charge in [0.25, 0.3) is 0 Å². The van der Waals surface area contributed by atoms with Crippen molar-refractivity contribution in [3.63, 3.8) is 0 Å². The number of aromatic hydroxyl groups is 6. The van der Waals surface area contributed by atoms with E-state index in [-0.39, 0.29) is 72.8 Å². The highest BCUT2D eigenvalue weighted by atomic mass is 35.5. The minimum atomic E-state index is -2.19. The first kappa shape index (κ1) is 58.7. The highest BCUT2D eigenvalue weighted by Crippen LogP contribution is 2.48. The third kappa shape index (κ3) is 11.7. The van der Waals surface area contributed by atoms with Crippen LogP contribution in [0.3, 0.4) is 0 Å². The van der Waals surface area contributed by atoms with E-state index in [2.05, 4.69) is 26.6 Å². The maximum absolute atomic E-state index is 15.5. The Morgan fingerprint density at radius 3 is 1.74 bits per heavy atom. The van der Waals surface area contributed by atoms with Crippen LogP contribution in [0.4, 0.5) is 0 Å². The van der Waals surface area contributed by atoms with Crippen molar-refractivity contribution < 1.29 is 93.7 Å². The van der Waals surface area contributed by atoms with Gasteiger partial charge in [-0.15, -0.1) is 0 Å². The van der Waals surface area contributed by atoms with Gasteiger partial charge >= 0.3 is 11.9 Å². The maximum atomic E-state index is 15.5. The molecule has 5 amide bonds. The molecule has 5 aliphatic heterocycles. The van der Waals surface area contributed by atoms with Crippen LogP contribution in [0.2, 0.25) is 10.0 Å². The molecule has 0 radical (unpaired) electrons. The van der Waals surface area contributed by atoms with Crippen LogP contribution in [0, 0.1) is 0 Å². The molecule has 7 aromatic carbocycles. The van der Waals surface area contributed by atoms with Gasteiger partial charge in [0.15, 0.2) is 29.0 Å². The van der Waals surface area contributed by atoms with E-state index in [0.717, 1.165) is 84.9 Å². The van der Waals surface area contributed by atoms with Crippen molar-refractivity contribution in [1.29, 1.82) is 0 Å². The number of carboxylic acids is 2. The smallest absolute Gasteiger partial charge is 0.330 e. The van der Waals surface area contributed by atoms with Gasteiger partial charge in [0.2, 0.25) is 35.3 Å². The van der Waals surface area contributed by atoms with Crippen LogP contribution in [0.1, 0.15) is 75.3 Å². The maximum Gasteiger partial charge on any atom is 0.330 e. The van der Waals surface area contributed by atoms with E-state index in [1.165, 1.54) is 30.3 Å². The third-order valence-electron chi connectivity index (χ3n) is 14.2. The van der Waals surface area contributed by atoms with Crippen LogP contribution in [0.5, 0.6) is 69.0 Å². The number of nitrogens with one attached hydrogen (secondary N) is 5. The number of aliphatic hydroxyl groups excluding tert-OH is 1. The molecule has 26 nitrogen and oxygen atoms in total. The number of fused-ring (bicyclic) bond motifs is 15. The number of ether oxygens (including phenoxy) is 3. The summed E-state index contributed by atoms with van der Waals surface area (Å²) >= 11 is 13.5. The van der Waals surface area contributed by atoms with Gasteiger partial charge in [0, 0.05) is 35.2 Å². The van der Waals surface area contributed by atoms with E-state index in [1.807, 2.05) is 0 Å². The Balaban J connectivity index is 1.18. The predicted octanol–water partition coefficient (Wildman–Crippen LogP) is 4.90. The molecule has 28 heteroatoms. The summed E-state index contributed by atoms with van der Waals surface area (Å²) in [4.78, 5) is 99.0. The van der Waals surface area contributed by atoms with Crippen molar-refractivity contribution in [3.8, 4) is 80.1 Å². The lowest BCUT2D eigenvalue weighted by molar-refractivity contribution is -0.143. The first-order valence-electron chi connectivity index (χ1n) is 25.5. The van der Waals surface area contributed by atoms with Gasteiger partial charge in [0.1, 0.15) is 82.6 Å². The number of rotatable bonds is 2. The second-order valence-corrected chi connectivity index (χ2v) is 20.8.